The Hall–Kier alpha value is -2.64. The van der Waals surface area contributed by atoms with E-state index in [0.29, 0.717) is 12.5 Å². The molecule has 27 heavy (non-hydrogen) atoms. The van der Waals surface area contributed by atoms with Gasteiger partial charge in [-0.05, 0) is 36.6 Å². The monoisotopic (exact) mass is 382 g/mol. The predicted molar refractivity (Wildman–Crippen MR) is 106 cm³/mol. The molecule has 1 fully saturated rings. The maximum atomic E-state index is 12.6. The average Bonchev–Trinajstić information content (AvgIpc) is 3.38. The summed E-state index contributed by atoms with van der Waals surface area (Å²) in [6.07, 6.45) is 3.91. The van der Waals surface area contributed by atoms with Gasteiger partial charge >= 0.3 is 0 Å². The van der Waals surface area contributed by atoms with Crippen LogP contribution in [0.3, 0.4) is 0 Å². The molecule has 0 spiro atoms. The van der Waals surface area contributed by atoms with Crippen LogP contribution < -0.4 is 9.62 Å². The maximum absolute atomic E-state index is 12.6. The van der Waals surface area contributed by atoms with E-state index in [1.807, 2.05) is 48.5 Å². The van der Waals surface area contributed by atoms with E-state index in [2.05, 4.69) is 26.9 Å². The van der Waals surface area contributed by atoms with Crippen LogP contribution in [0.1, 0.15) is 6.42 Å². The van der Waals surface area contributed by atoms with Crippen molar-refractivity contribution in [3.63, 3.8) is 0 Å². The lowest BCUT2D eigenvalue weighted by Crippen LogP contribution is -2.31. The minimum atomic E-state index is -3.57. The van der Waals surface area contributed by atoms with Crippen molar-refractivity contribution in [3.05, 3.63) is 73.1 Å². The number of nitrogens with zero attached hydrogens (tertiary/aromatic N) is 3. The van der Waals surface area contributed by atoms with Gasteiger partial charge in [0.25, 0.3) is 0 Å². The van der Waals surface area contributed by atoms with Gasteiger partial charge in [-0.25, -0.2) is 17.8 Å². The molecule has 7 heteroatoms. The standard InChI is InChI=1S/C20H22N4O2S/c25-27(26,20-14-21-24(16-20)19-9-5-2-6-10-19)22-13-17-11-12-23(15-17)18-7-3-1-4-8-18/h1-10,14,16-17,22H,11-13,15H2/t17-/m0/s1. The molecule has 1 aliphatic rings. The SMILES string of the molecule is O=S(=O)(NC[C@@H]1CCN(c2ccccc2)C1)c1cnn(-c2ccccc2)c1. The van der Waals surface area contributed by atoms with E-state index < -0.39 is 10.0 Å². The van der Waals surface area contributed by atoms with E-state index in [4.69, 9.17) is 0 Å². The second kappa shape index (κ2) is 7.54. The van der Waals surface area contributed by atoms with Crippen LogP contribution in [0.5, 0.6) is 0 Å². The highest BCUT2D eigenvalue weighted by atomic mass is 32.2. The third kappa shape index (κ3) is 4.04. The zero-order chi connectivity index (χ0) is 18.7. The molecule has 0 bridgehead atoms. The zero-order valence-electron chi connectivity index (χ0n) is 14.9. The summed E-state index contributed by atoms with van der Waals surface area (Å²) in [4.78, 5) is 2.48. The lowest BCUT2D eigenvalue weighted by Gasteiger charge is -2.18. The van der Waals surface area contributed by atoms with Crippen LogP contribution in [-0.2, 0) is 10.0 Å². The number of nitrogens with one attached hydrogen (secondary N) is 1. The van der Waals surface area contributed by atoms with E-state index >= 15 is 0 Å². The normalized spacial score (nSPS) is 17.3. The molecule has 1 atom stereocenters. The molecule has 2 aromatic carbocycles. The Bertz CT molecular complexity index is 987. The van der Waals surface area contributed by atoms with E-state index in [1.165, 1.54) is 11.9 Å². The van der Waals surface area contributed by atoms with Gasteiger partial charge in [-0.1, -0.05) is 36.4 Å². The van der Waals surface area contributed by atoms with Crippen molar-refractivity contribution >= 4 is 15.7 Å². The highest BCUT2D eigenvalue weighted by Gasteiger charge is 2.25. The van der Waals surface area contributed by atoms with Crippen molar-refractivity contribution in [2.45, 2.75) is 11.3 Å². The molecule has 2 heterocycles. The van der Waals surface area contributed by atoms with Gasteiger partial charge in [-0.3, -0.25) is 0 Å². The Morgan fingerprint density at radius 1 is 1.00 bits per heavy atom. The van der Waals surface area contributed by atoms with Gasteiger partial charge in [0.15, 0.2) is 0 Å². The molecule has 1 N–H and O–H groups in total. The smallest absolute Gasteiger partial charge is 0.243 e. The van der Waals surface area contributed by atoms with Gasteiger partial charge < -0.3 is 4.90 Å². The molecule has 1 aromatic heterocycles. The number of hydrogen-bond acceptors (Lipinski definition) is 4. The number of aromatic nitrogens is 2. The van der Waals surface area contributed by atoms with Crippen LogP contribution in [0.4, 0.5) is 5.69 Å². The van der Waals surface area contributed by atoms with Gasteiger partial charge in [0, 0.05) is 25.3 Å². The first-order chi connectivity index (χ1) is 13.1. The van der Waals surface area contributed by atoms with Crippen molar-refractivity contribution in [2.24, 2.45) is 5.92 Å². The molecule has 0 amide bonds. The lowest BCUT2D eigenvalue weighted by molar-refractivity contribution is 0.541. The lowest BCUT2D eigenvalue weighted by atomic mass is 10.1. The second-order valence-corrected chi connectivity index (χ2v) is 8.51. The molecule has 0 saturated carbocycles. The highest BCUT2D eigenvalue weighted by molar-refractivity contribution is 7.89. The summed E-state index contributed by atoms with van der Waals surface area (Å²) in [6, 6.07) is 19.7. The third-order valence-corrected chi connectivity index (χ3v) is 6.24. The van der Waals surface area contributed by atoms with Crippen molar-refractivity contribution in [1.29, 1.82) is 0 Å². The van der Waals surface area contributed by atoms with Gasteiger partial charge in [0.2, 0.25) is 10.0 Å². The van der Waals surface area contributed by atoms with Crippen LogP contribution in [0.15, 0.2) is 78.0 Å². The molecule has 1 saturated heterocycles. The van der Waals surface area contributed by atoms with Crippen LogP contribution in [0.25, 0.3) is 5.69 Å². The van der Waals surface area contributed by atoms with E-state index in [0.717, 1.165) is 25.2 Å². The Morgan fingerprint density at radius 2 is 1.67 bits per heavy atom. The van der Waals surface area contributed by atoms with Crippen molar-refractivity contribution in [3.8, 4) is 5.69 Å². The molecule has 1 aliphatic heterocycles. The van der Waals surface area contributed by atoms with Crippen LogP contribution in [0.2, 0.25) is 0 Å². The molecule has 6 nitrogen and oxygen atoms in total. The van der Waals surface area contributed by atoms with E-state index in [9.17, 15) is 8.42 Å². The Kier molecular flexibility index (Phi) is 4.96. The summed E-state index contributed by atoms with van der Waals surface area (Å²) in [7, 11) is -3.57. The predicted octanol–water partition coefficient (Wildman–Crippen LogP) is 2.68. The zero-order valence-corrected chi connectivity index (χ0v) is 15.7. The van der Waals surface area contributed by atoms with Gasteiger partial charge in [0.05, 0.1) is 18.1 Å². The first-order valence-corrected chi connectivity index (χ1v) is 10.5. The first-order valence-electron chi connectivity index (χ1n) is 9.01. The minimum absolute atomic E-state index is 0.185. The molecular weight excluding hydrogens is 360 g/mol. The molecule has 4 rings (SSSR count). The third-order valence-electron chi connectivity index (χ3n) is 4.86. The molecule has 0 radical (unpaired) electrons. The summed E-state index contributed by atoms with van der Waals surface area (Å²) in [5.41, 5.74) is 2.01. The number of para-hydroxylation sites is 2. The Labute approximate surface area is 159 Å². The average molecular weight is 382 g/mol. The number of anilines is 1. The number of hydrogen-bond donors (Lipinski definition) is 1. The topological polar surface area (TPSA) is 67.2 Å². The largest absolute Gasteiger partial charge is 0.371 e. The number of benzene rings is 2. The van der Waals surface area contributed by atoms with Crippen LogP contribution >= 0.6 is 0 Å². The summed E-state index contributed by atoms with van der Waals surface area (Å²) in [5.74, 6) is 0.296. The quantitative estimate of drug-likeness (QED) is 0.712. The summed E-state index contributed by atoms with van der Waals surface area (Å²) < 4.78 is 29.5. The molecule has 0 aliphatic carbocycles. The number of rotatable bonds is 6. The summed E-state index contributed by atoms with van der Waals surface area (Å²) in [5, 5.41) is 4.17. The fourth-order valence-corrected chi connectivity index (χ4v) is 4.40. The van der Waals surface area contributed by atoms with E-state index in [-0.39, 0.29) is 4.90 Å². The van der Waals surface area contributed by atoms with Gasteiger partial charge in [0.1, 0.15) is 4.90 Å². The van der Waals surface area contributed by atoms with Crippen molar-refractivity contribution < 1.29 is 8.42 Å². The Morgan fingerprint density at radius 3 is 2.37 bits per heavy atom. The van der Waals surface area contributed by atoms with Crippen molar-refractivity contribution in [1.82, 2.24) is 14.5 Å². The fraction of sp³-hybridized carbons (Fsp3) is 0.250. The summed E-state index contributed by atoms with van der Waals surface area (Å²) in [6.45, 7) is 2.24. The molecule has 0 unspecified atom stereocenters. The van der Waals surface area contributed by atoms with E-state index in [1.54, 1.807) is 10.9 Å². The molecule has 3 aromatic rings. The molecule has 140 valence electrons. The van der Waals surface area contributed by atoms with Gasteiger partial charge in [-0.15, -0.1) is 0 Å². The van der Waals surface area contributed by atoms with Crippen molar-refractivity contribution in [2.75, 3.05) is 24.5 Å². The maximum Gasteiger partial charge on any atom is 0.243 e. The first kappa shape index (κ1) is 17.8. The summed E-state index contributed by atoms with van der Waals surface area (Å²) >= 11 is 0. The molecular formula is C20H22N4O2S. The highest BCUT2D eigenvalue weighted by Crippen LogP contribution is 2.23. The van der Waals surface area contributed by atoms with Crippen LogP contribution in [0, 0.1) is 5.92 Å². The number of sulfonamides is 1. The Balaban J connectivity index is 1.38. The van der Waals surface area contributed by atoms with Crippen LogP contribution in [-0.4, -0.2) is 37.8 Å². The minimum Gasteiger partial charge on any atom is -0.371 e. The second-order valence-electron chi connectivity index (χ2n) is 6.74. The van der Waals surface area contributed by atoms with Gasteiger partial charge in [-0.2, -0.15) is 5.10 Å². The fourth-order valence-electron chi connectivity index (χ4n) is 3.35.